The highest BCUT2D eigenvalue weighted by Gasteiger charge is 2.19. The average Bonchev–Trinajstić information content (AvgIpc) is 3.47. The van der Waals surface area contributed by atoms with Crippen LogP contribution in [0.1, 0.15) is 329 Å². The first-order valence-corrected chi connectivity index (χ1v) is 34.4. The molecule has 0 aliphatic heterocycles. The zero-order valence-electron chi connectivity index (χ0n) is 53.3. The standard InChI is InChI=1S/C75H128O6/c1-4-7-10-13-16-19-22-25-28-31-34-37-40-43-46-49-52-55-58-61-64-67-73(76)79-70-72(81-75(78)69-66-63-60-57-54-51-48-45-42-39-36-33-30-27-24-21-18-15-12-9-6-3)71-80-74(77)68-65-62-59-56-53-50-47-44-41-38-35-32-29-26-23-20-17-14-11-8-5-2/h7,10,16,19,24-25,27-28,32-37,43,46,52,55,72H,4-6,8-9,11-15,17-18,20-23,26,29-31,38-42,44-45,47-51,53-54,56-71H2,1-3H3/b10-7-,19-16-,27-24-,28-25-,35-32-,36-33-,37-34-,46-43-,55-52-. The van der Waals surface area contributed by atoms with E-state index in [2.05, 4.69) is 130 Å². The van der Waals surface area contributed by atoms with Gasteiger partial charge in [0.15, 0.2) is 6.10 Å². The fourth-order valence-electron chi connectivity index (χ4n) is 9.59. The molecule has 0 bridgehead atoms. The van der Waals surface area contributed by atoms with Crippen molar-refractivity contribution in [3.8, 4) is 0 Å². The van der Waals surface area contributed by atoms with Gasteiger partial charge in [0.2, 0.25) is 0 Å². The third-order valence-corrected chi connectivity index (χ3v) is 14.7. The SMILES string of the molecule is CC/C=C\C/C=C\C/C=C\C/C=C\C/C=C\C/C=C\CCCCC(=O)OCC(COC(=O)CCCCCCCCCCC/C=C\CCCCCCCCCC)OC(=O)CCCCCCCCCCC/C=C\C/C=C\CCCCCCC. The zero-order chi connectivity index (χ0) is 58.5. The smallest absolute Gasteiger partial charge is 0.306 e. The highest BCUT2D eigenvalue weighted by Crippen LogP contribution is 2.16. The van der Waals surface area contributed by atoms with Crippen LogP contribution in [0.25, 0.3) is 0 Å². The Morgan fingerprint density at radius 2 is 0.481 bits per heavy atom. The van der Waals surface area contributed by atoms with Crippen molar-refractivity contribution in [3.05, 3.63) is 109 Å². The van der Waals surface area contributed by atoms with E-state index in [9.17, 15) is 14.4 Å². The van der Waals surface area contributed by atoms with Gasteiger partial charge in [0, 0.05) is 19.3 Å². The number of allylic oxidation sites excluding steroid dienone is 18. The lowest BCUT2D eigenvalue weighted by molar-refractivity contribution is -0.167. The highest BCUT2D eigenvalue weighted by atomic mass is 16.6. The summed E-state index contributed by atoms with van der Waals surface area (Å²) in [5.41, 5.74) is 0. The van der Waals surface area contributed by atoms with E-state index in [1.54, 1.807) is 0 Å². The van der Waals surface area contributed by atoms with Gasteiger partial charge in [-0.3, -0.25) is 14.4 Å². The minimum atomic E-state index is -0.803. The Morgan fingerprint density at radius 3 is 0.790 bits per heavy atom. The molecule has 1 unspecified atom stereocenters. The molecule has 0 radical (unpaired) electrons. The van der Waals surface area contributed by atoms with E-state index in [4.69, 9.17) is 14.2 Å². The van der Waals surface area contributed by atoms with E-state index in [1.807, 2.05) is 0 Å². The van der Waals surface area contributed by atoms with Gasteiger partial charge in [-0.2, -0.15) is 0 Å². The number of hydrogen-bond acceptors (Lipinski definition) is 6. The molecule has 0 aromatic carbocycles. The Morgan fingerprint density at radius 1 is 0.259 bits per heavy atom. The van der Waals surface area contributed by atoms with E-state index in [1.165, 1.54) is 186 Å². The number of hydrogen-bond donors (Lipinski definition) is 0. The Bertz CT molecular complexity index is 1620. The second kappa shape index (κ2) is 68.6. The first kappa shape index (κ1) is 77.1. The minimum Gasteiger partial charge on any atom is -0.462 e. The predicted octanol–water partition coefficient (Wildman–Crippen LogP) is 23.8. The molecule has 0 saturated heterocycles. The van der Waals surface area contributed by atoms with Crippen molar-refractivity contribution in [3.63, 3.8) is 0 Å². The van der Waals surface area contributed by atoms with Crippen LogP contribution in [-0.4, -0.2) is 37.2 Å². The van der Waals surface area contributed by atoms with Gasteiger partial charge in [-0.25, -0.2) is 0 Å². The van der Waals surface area contributed by atoms with Crippen LogP contribution in [0.3, 0.4) is 0 Å². The van der Waals surface area contributed by atoms with E-state index in [-0.39, 0.29) is 31.1 Å². The Balaban J connectivity index is 4.46. The van der Waals surface area contributed by atoms with Gasteiger partial charge < -0.3 is 14.2 Å². The summed E-state index contributed by atoms with van der Waals surface area (Å²) in [6, 6.07) is 0. The summed E-state index contributed by atoms with van der Waals surface area (Å²) >= 11 is 0. The first-order valence-electron chi connectivity index (χ1n) is 34.4. The van der Waals surface area contributed by atoms with Crippen molar-refractivity contribution < 1.29 is 28.6 Å². The van der Waals surface area contributed by atoms with E-state index < -0.39 is 6.10 Å². The normalized spacial score (nSPS) is 12.8. The number of esters is 3. The van der Waals surface area contributed by atoms with Crippen LogP contribution in [0.4, 0.5) is 0 Å². The fourth-order valence-corrected chi connectivity index (χ4v) is 9.59. The molecule has 0 amide bonds. The van der Waals surface area contributed by atoms with Gasteiger partial charge >= 0.3 is 17.9 Å². The molecule has 0 fully saturated rings. The van der Waals surface area contributed by atoms with Crippen LogP contribution in [0.15, 0.2) is 109 Å². The minimum absolute atomic E-state index is 0.0947. The van der Waals surface area contributed by atoms with E-state index in [0.717, 1.165) is 103 Å². The second-order valence-corrected chi connectivity index (χ2v) is 22.7. The molecular weight excluding hydrogens is 997 g/mol. The third-order valence-electron chi connectivity index (χ3n) is 14.7. The van der Waals surface area contributed by atoms with E-state index in [0.29, 0.717) is 19.3 Å². The molecule has 6 nitrogen and oxygen atoms in total. The molecule has 0 rings (SSSR count). The number of carbonyl (C=O) groups is 3. The molecule has 0 aromatic heterocycles. The topological polar surface area (TPSA) is 78.9 Å². The maximum atomic E-state index is 13.0. The second-order valence-electron chi connectivity index (χ2n) is 22.7. The van der Waals surface area contributed by atoms with Gasteiger partial charge in [0.05, 0.1) is 0 Å². The van der Waals surface area contributed by atoms with Gasteiger partial charge in [-0.1, -0.05) is 291 Å². The molecule has 0 N–H and O–H groups in total. The number of ether oxygens (including phenoxy) is 3. The molecule has 0 heterocycles. The largest absolute Gasteiger partial charge is 0.462 e. The Kier molecular flexibility index (Phi) is 65.2. The van der Waals surface area contributed by atoms with Gasteiger partial charge in [0.1, 0.15) is 13.2 Å². The number of unbranched alkanes of at least 4 members (excludes halogenated alkanes) is 33. The molecule has 0 spiro atoms. The molecule has 0 aliphatic carbocycles. The molecule has 1 atom stereocenters. The van der Waals surface area contributed by atoms with Crippen LogP contribution in [0.2, 0.25) is 0 Å². The molecule has 464 valence electrons. The average molecular weight is 1130 g/mol. The Hall–Kier alpha value is -3.93. The van der Waals surface area contributed by atoms with Gasteiger partial charge in [0.25, 0.3) is 0 Å². The van der Waals surface area contributed by atoms with Crippen LogP contribution in [0.5, 0.6) is 0 Å². The summed E-state index contributed by atoms with van der Waals surface area (Å²) in [7, 11) is 0. The van der Waals surface area contributed by atoms with Gasteiger partial charge in [-0.05, 0) is 128 Å². The monoisotopic (exact) mass is 1120 g/mol. The summed E-state index contributed by atoms with van der Waals surface area (Å²) in [6.07, 6.45) is 93.9. The summed E-state index contributed by atoms with van der Waals surface area (Å²) < 4.78 is 16.9. The summed E-state index contributed by atoms with van der Waals surface area (Å²) in [5.74, 6) is -0.935. The molecule has 0 aromatic rings. The van der Waals surface area contributed by atoms with Crippen LogP contribution in [0, 0.1) is 0 Å². The number of rotatable bonds is 62. The zero-order valence-corrected chi connectivity index (χ0v) is 53.3. The molecule has 6 heteroatoms. The first-order chi connectivity index (χ1) is 40.0. The Labute approximate surface area is 501 Å². The molecular formula is C75H128O6. The third kappa shape index (κ3) is 66.8. The summed E-state index contributed by atoms with van der Waals surface area (Å²) in [6.45, 7) is 6.51. The molecule has 81 heavy (non-hydrogen) atoms. The van der Waals surface area contributed by atoms with Crippen molar-refractivity contribution in [1.82, 2.24) is 0 Å². The number of carbonyl (C=O) groups excluding carboxylic acids is 3. The van der Waals surface area contributed by atoms with Crippen molar-refractivity contribution >= 4 is 17.9 Å². The van der Waals surface area contributed by atoms with Crippen molar-refractivity contribution in [2.45, 2.75) is 335 Å². The van der Waals surface area contributed by atoms with Crippen molar-refractivity contribution in [2.24, 2.45) is 0 Å². The summed E-state index contributed by atoms with van der Waals surface area (Å²) in [4.78, 5) is 38.5. The van der Waals surface area contributed by atoms with Crippen molar-refractivity contribution in [2.75, 3.05) is 13.2 Å². The maximum absolute atomic E-state index is 13.0. The lowest BCUT2D eigenvalue weighted by Gasteiger charge is -2.18. The van der Waals surface area contributed by atoms with Gasteiger partial charge in [-0.15, -0.1) is 0 Å². The highest BCUT2D eigenvalue weighted by molar-refractivity contribution is 5.71. The lowest BCUT2D eigenvalue weighted by atomic mass is 10.1. The molecule has 0 aliphatic rings. The van der Waals surface area contributed by atoms with Crippen LogP contribution in [-0.2, 0) is 28.6 Å². The van der Waals surface area contributed by atoms with E-state index >= 15 is 0 Å². The summed E-state index contributed by atoms with van der Waals surface area (Å²) in [5, 5.41) is 0. The predicted molar refractivity (Wildman–Crippen MR) is 353 cm³/mol. The molecule has 0 saturated carbocycles. The lowest BCUT2D eigenvalue weighted by Crippen LogP contribution is -2.30. The van der Waals surface area contributed by atoms with Crippen molar-refractivity contribution in [1.29, 1.82) is 0 Å². The quantitative estimate of drug-likeness (QED) is 0.0261. The maximum Gasteiger partial charge on any atom is 0.306 e. The van der Waals surface area contributed by atoms with Crippen LogP contribution < -0.4 is 0 Å². The fraction of sp³-hybridized carbons (Fsp3) is 0.720. The van der Waals surface area contributed by atoms with Crippen LogP contribution >= 0.6 is 0 Å².